The zero-order valence-corrected chi connectivity index (χ0v) is 12.7. The Bertz CT molecular complexity index is 586. The zero-order valence-electron chi connectivity index (χ0n) is 11.1. The van der Waals surface area contributed by atoms with E-state index in [1.165, 1.54) is 0 Å². The van der Waals surface area contributed by atoms with Crippen LogP contribution in [0.15, 0.2) is 29.0 Å². The normalized spacial score (nSPS) is 15.1. The highest BCUT2D eigenvalue weighted by Gasteiger charge is 2.17. The number of aromatic amines is 1. The van der Waals surface area contributed by atoms with Crippen LogP contribution in [0.4, 0.5) is 0 Å². The van der Waals surface area contributed by atoms with Gasteiger partial charge in [0.2, 0.25) is 0 Å². The number of benzene rings is 1. The van der Waals surface area contributed by atoms with Gasteiger partial charge in [-0.25, -0.2) is 4.98 Å². The zero-order chi connectivity index (χ0) is 13.9. The summed E-state index contributed by atoms with van der Waals surface area (Å²) in [4.78, 5) is 7.28. The van der Waals surface area contributed by atoms with Crippen molar-refractivity contribution in [2.24, 2.45) is 0 Å². The van der Waals surface area contributed by atoms with E-state index in [0.717, 1.165) is 27.4 Å². The van der Waals surface area contributed by atoms with Crippen LogP contribution in [0, 0.1) is 0 Å². The van der Waals surface area contributed by atoms with Gasteiger partial charge in [-0.05, 0) is 24.6 Å². The predicted octanol–water partition coefficient (Wildman–Crippen LogP) is 2.79. The maximum atomic E-state index is 5.63. The fraction of sp³-hybridized carbons (Fsp3) is 0.357. The van der Waals surface area contributed by atoms with Crippen molar-refractivity contribution in [2.45, 2.75) is 19.5 Å². The third-order valence-electron chi connectivity index (χ3n) is 3.26. The molecule has 6 heteroatoms. The number of H-pyrrole nitrogens is 1. The monoisotopic (exact) mass is 337 g/mol. The number of nitrogens with zero attached hydrogens (tertiary/aromatic N) is 1. The number of fused-ring (bicyclic) bond motifs is 1. The van der Waals surface area contributed by atoms with Gasteiger partial charge in [-0.3, -0.25) is 0 Å². The Kier molecular flexibility index (Phi) is 3.93. The van der Waals surface area contributed by atoms with Crippen LogP contribution in [0.25, 0.3) is 0 Å². The van der Waals surface area contributed by atoms with Crippen molar-refractivity contribution in [2.75, 3.05) is 13.2 Å². The van der Waals surface area contributed by atoms with Gasteiger partial charge in [-0.1, -0.05) is 15.9 Å². The van der Waals surface area contributed by atoms with Gasteiger partial charge in [0.25, 0.3) is 0 Å². The summed E-state index contributed by atoms with van der Waals surface area (Å²) in [6.07, 6.45) is 3.57. The van der Waals surface area contributed by atoms with Crippen molar-refractivity contribution < 1.29 is 9.47 Å². The van der Waals surface area contributed by atoms with Crippen molar-refractivity contribution in [3.63, 3.8) is 0 Å². The number of imidazole rings is 1. The minimum absolute atomic E-state index is 0.172. The van der Waals surface area contributed by atoms with Gasteiger partial charge >= 0.3 is 0 Å². The van der Waals surface area contributed by atoms with E-state index >= 15 is 0 Å². The lowest BCUT2D eigenvalue weighted by molar-refractivity contribution is 0.171. The summed E-state index contributed by atoms with van der Waals surface area (Å²) in [6, 6.07) is 4.16. The molecule has 0 bridgehead atoms. The van der Waals surface area contributed by atoms with E-state index in [9.17, 15) is 0 Å². The molecule has 1 aliphatic heterocycles. The molecule has 3 rings (SSSR count). The summed E-state index contributed by atoms with van der Waals surface area (Å²) in [5.41, 5.74) is 1.14. The first-order valence-electron chi connectivity index (χ1n) is 6.54. The largest absolute Gasteiger partial charge is 0.486 e. The number of nitrogens with one attached hydrogen (secondary N) is 2. The van der Waals surface area contributed by atoms with Gasteiger partial charge in [0.15, 0.2) is 11.5 Å². The molecule has 0 unspecified atom stereocenters. The molecule has 2 aromatic rings. The number of hydrogen-bond acceptors (Lipinski definition) is 4. The molecule has 0 saturated carbocycles. The maximum Gasteiger partial charge on any atom is 0.162 e. The fourth-order valence-electron chi connectivity index (χ4n) is 2.17. The molecule has 1 aliphatic rings. The average Bonchev–Trinajstić information content (AvgIpc) is 2.97. The van der Waals surface area contributed by atoms with Gasteiger partial charge < -0.3 is 19.8 Å². The molecular weight excluding hydrogens is 322 g/mol. The molecule has 2 heterocycles. The first-order chi connectivity index (χ1) is 9.74. The Morgan fingerprint density at radius 3 is 2.80 bits per heavy atom. The molecule has 20 heavy (non-hydrogen) atoms. The topological polar surface area (TPSA) is 59.2 Å². The van der Waals surface area contributed by atoms with Crippen molar-refractivity contribution in [3.8, 4) is 11.5 Å². The third-order valence-corrected chi connectivity index (χ3v) is 3.95. The summed E-state index contributed by atoms with van der Waals surface area (Å²) in [5.74, 6) is 2.52. The lowest BCUT2D eigenvalue weighted by Gasteiger charge is -2.22. The molecule has 0 spiro atoms. The summed E-state index contributed by atoms with van der Waals surface area (Å²) in [6.45, 7) is 4.00. The molecule has 106 valence electrons. The Hall–Kier alpha value is -1.53. The average molecular weight is 338 g/mol. The van der Waals surface area contributed by atoms with Gasteiger partial charge in [-0.2, -0.15) is 0 Å². The van der Waals surface area contributed by atoms with E-state index < -0.39 is 0 Å². The lowest BCUT2D eigenvalue weighted by atomic mass is 10.1. The SMILES string of the molecule is C[C@H](NCc1ncc[nH]1)c1cc2c(cc1Br)OCCO2. The quantitative estimate of drug-likeness (QED) is 0.900. The molecule has 1 aromatic carbocycles. The van der Waals surface area contributed by atoms with Crippen LogP contribution in [0.3, 0.4) is 0 Å². The Labute approximate surface area is 125 Å². The molecular formula is C14H16BrN3O2. The lowest BCUT2D eigenvalue weighted by Crippen LogP contribution is -2.20. The van der Waals surface area contributed by atoms with E-state index in [1.807, 2.05) is 18.3 Å². The number of rotatable bonds is 4. The van der Waals surface area contributed by atoms with E-state index in [2.05, 4.69) is 38.1 Å². The number of aromatic nitrogens is 2. The molecule has 2 N–H and O–H groups in total. The number of halogens is 1. The van der Waals surface area contributed by atoms with Gasteiger partial charge in [0.1, 0.15) is 19.0 Å². The van der Waals surface area contributed by atoms with Crippen molar-refractivity contribution >= 4 is 15.9 Å². The number of hydrogen-bond donors (Lipinski definition) is 2. The van der Waals surface area contributed by atoms with E-state index in [0.29, 0.717) is 19.8 Å². The highest BCUT2D eigenvalue weighted by Crippen LogP contribution is 2.37. The van der Waals surface area contributed by atoms with Crippen molar-refractivity contribution in [1.82, 2.24) is 15.3 Å². The van der Waals surface area contributed by atoms with Crippen LogP contribution < -0.4 is 14.8 Å². The molecule has 5 nitrogen and oxygen atoms in total. The van der Waals surface area contributed by atoms with Crippen LogP contribution >= 0.6 is 15.9 Å². The van der Waals surface area contributed by atoms with Crippen molar-refractivity contribution in [1.29, 1.82) is 0 Å². The fourth-order valence-corrected chi connectivity index (χ4v) is 2.83. The Balaban J connectivity index is 1.75. The minimum Gasteiger partial charge on any atom is -0.486 e. The first kappa shape index (κ1) is 13.5. The second-order valence-corrected chi connectivity index (χ2v) is 5.51. The van der Waals surface area contributed by atoms with Crippen LogP contribution in [0.5, 0.6) is 11.5 Å². The van der Waals surface area contributed by atoms with Gasteiger partial charge in [0.05, 0.1) is 6.54 Å². The summed E-state index contributed by atoms with van der Waals surface area (Å²) >= 11 is 3.60. The molecule has 1 atom stereocenters. The molecule has 0 radical (unpaired) electrons. The van der Waals surface area contributed by atoms with E-state index in [1.54, 1.807) is 6.20 Å². The summed E-state index contributed by atoms with van der Waals surface area (Å²) in [5, 5.41) is 3.43. The van der Waals surface area contributed by atoms with Gasteiger partial charge in [-0.15, -0.1) is 0 Å². The Morgan fingerprint density at radius 1 is 1.35 bits per heavy atom. The second kappa shape index (κ2) is 5.85. The second-order valence-electron chi connectivity index (χ2n) is 4.66. The third kappa shape index (κ3) is 2.81. The van der Waals surface area contributed by atoms with Gasteiger partial charge in [0, 0.05) is 22.9 Å². The Morgan fingerprint density at radius 2 is 2.10 bits per heavy atom. The molecule has 1 aromatic heterocycles. The summed E-state index contributed by atoms with van der Waals surface area (Å²) in [7, 11) is 0. The van der Waals surface area contributed by atoms with Crippen LogP contribution in [0.2, 0.25) is 0 Å². The van der Waals surface area contributed by atoms with E-state index in [-0.39, 0.29) is 6.04 Å². The van der Waals surface area contributed by atoms with Crippen LogP contribution in [0.1, 0.15) is 24.4 Å². The van der Waals surface area contributed by atoms with Crippen LogP contribution in [-0.4, -0.2) is 23.2 Å². The maximum absolute atomic E-state index is 5.63. The standard InChI is InChI=1S/C14H16BrN3O2/c1-9(18-8-14-16-2-3-17-14)10-6-12-13(7-11(10)15)20-5-4-19-12/h2-3,6-7,9,18H,4-5,8H2,1H3,(H,16,17)/t9-/m0/s1. The van der Waals surface area contributed by atoms with Crippen LogP contribution in [-0.2, 0) is 6.54 Å². The van der Waals surface area contributed by atoms with E-state index in [4.69, 9.17) is 9.47 Å². The van der Waals surface area contributed by atoms with Crippen molar-refractivity contribution in [3.05, 3.63) is 40.4 Å². The molecule has 0 amide bonds. The smallest absolute Gasteiger partial charge is 0.162 e. The molecule has 0 saturated heterocycles. The minimum atomic E-state index is 0.172. The number of ether oxygens (including phenoxy) is 2. The highest BCUT2D eigenvalue weighted by molar-refractivity contribution is 9.10. The summed E-state index contributed by atoms with van der Waals surface area (Å²) < 4.78 is 12.2. The molecule has 0 aliphatic carbocycles. The molecule has 0 fully saturated rings. The predicted molar refractivity (Wildman–Crippen MR) is 79.0 cm³/mol. The first-order valence-corrected chi connectivity index (χ1v) is 7.34. The highest BCUT2D eigenvalue weighted by atomic mass is 79.9.